The van der Waals surface area contributed by atoms with Crippen LogP contribution in [0.3, 0.4) is 0 Å². The van der Waals surface area contributed by atoms with E-state index in [0.717, 1.165) is 16.0 Å². The van der Waals surface area contributed by atoms with Gasteiger partial charge < -0.3 is 0 Å². The lowest BCUT2D eigenvalue weighted by atomic mass is 10.0. The van der Waals surface area contributed by atoms with Crippen molar-refractivity contribution in [2.45, 2.75) is 13.0 Å². The summed E-state index contributed by atoms with van der Waals surface area (Å²) in [5.41, 5.74) is 4.72. The molecule has 0 aliphatic rings. The molecule has 1 atom stereocenters. The van der Waals surface area contributed by atoms with Crippen LogP contribution in [0, 0.1) is 12.7 Å². The summed E-state index contributed by atoms with van der Waals surface area (Å²) in [7, 11) is 0. The Bertz CT molecular complexity index is 689. The van der Waals surface area contributed by atoms with Crippen LogP contribution in [0.5, 0.6) is 0 Å². The van der Waals surface area contributed by atoms with Crippen molar-refractivity contribution in [1.29, 1.82) is 0 Å². The van der Waals surface area contributed by atoms with Gasteiger partial charge in [0.1, 0.15) is 5.82 Å². The Morgan fingerprint density at radius 1 is 1.21 bits per heavy atom. The van der Waals surface area contributed by atoms with Gasteiger partial charge in [-0.3, -0.25) is 5.84 Å². The maximum Gasteiger partial charge on any atom is 0.123 e. The molecule has 1 aromatic carbocycles. The van der Waals surface area contributed by atoms with Gasteiger partial charge in [-0.15, -0.1) is 22.7 Å². The van der Waals surface area contributed by atoms with Crippen molar-refractivity contribution >= 4 is 32.1 Å². The Morgan fingerprint density at radius 3 is 2.79 bits per heavy atom. The van der Waals surface area contributed by atoms with Crippen LogP contribution in [0.15, 0.2) is 35.7 Å². The minimum atomic E-state index is -0.237. The van der Waals surface area contributed by atoms with Crippen molar-refractivity contribution in [1.82, 2.24) is 5.43 Å². The van der Waals surface area contributed by atoms with Gasteiger partial charge in [0.15, 0.2) is 0 Å². The number of benzene rings is 1. The maximum atomic E-state index is 13.4. The molecule has 3 aromatic rings. The monoisotopic (exact) mass is 292 g/mol. The second-order valence-corrected chi connectivity index (χ2v) is 6.46. The molecule has 98 valence electrons. The van der Waals surface area contributed by atoms with Crippen molar-refractivity contribution in [2.24, 2.45) is 5.84 Å². The molecule has 0 spiro atoms. The van der Waals surface area contributed by atoms with Gasteiger partial charge in [0.25, 0.3) is 0 Å². The summed E-state index contributed by atoms with van der Waals surface area (Å²) in [5.74, 6) is 5.45. The summed E-state index contributed by atoms with van der Waals surface area (Å²) in [6.07, 6.45) is 0. The predicted octanol–water partition coefficient (Wildman–Crippen LogP) is 3.96. The first-order valence-electron chi connectivity index (χ1n) is 5.88. The van der Waals surface area contributed by atoms with E-state index in [1.807, 2.05) is 6.92 Å². The van der Waals surface area contributed by atoms with Crippen molar-refractivity contribution in [3.63, 3.8) is 0 Å². The topological polar surface area (TPSA) is 38.0 Å². The number of nitrogens with two attached hydrogens (primary N) is 1. The molecule has 0 saturated heterocycles. The highest BCUT2D eigenvalue weighted by molar-refractivity contribution is 7.27. The molecule has 2 aromatic heterocycles. The smallest absolute Gasteiger partial charge is 0.123 e. The number of nitrogens with one attached hydrogen (secondary N) is 1. The Kier molecular flexibility index (Phi) is 3.36. The van der Waals surface area contributed by atoms with E-state index in [4.69, 9.17) is 5.84 Å². The van der Waals surface area contributed by atoms with E-state index in [0.29, 0.717) is 0 Å². The first-order valence-corrected chi connectivity index (χ1v) is 7.58. The van der Waals surface area contributed by atoms with Gasteiger partial charge in [-0.1, -0.05) is 6.07 Å². The number of thiophene rings is 2. The van der Waals surface area contributed by atoms with E-state index in [-0.39, 0.29) is 11.9 Å². The zero-order valence-electron chi connectivity index (χ0n) is 10.3. The van der Waals surface area contributed by atoms with Crippen molar-refractivity contribution < 1.29 is 4.39 Å². The van der Waals surface area contributed by atoms with E-state index in [9.17, 15) is 4.39 Å². The van der Waals surface area contributed by atoms with E-state index >= 15 is 0 Å². The summed E-state index contributed by atoms with van der Waals surface area (Å²) in [5, 5.41) is 2.07. The highest BCUT2D eigenvalue weighted by Crippen LogP contribution is 2.36. The second kappa shape index (κ2) is 5.02. The van der Waals surface area contributed by atoms with Crippen LogP contribution < -0.4 is 11.3 Å². The molecule has 3 rings (SSSR count). The number of hydrogen-bond donors (Lipinski definition) is 2. The standard InChI is InChI=1S/C14H13FN2S2/c1-8-2-3-9(15)6-10(8)14(17-16)13-7-12-11(19-13)4-5-18-12/h2-7,14,17H,16H2,1H3. The molecule has 0 fully saturated rings. The van der Waals surface area contributed by atoms with Crippen molar-refractivity contribution in [3.05, 3.63) is 57.5 Å². The Balaban J connectivity index is 2.09. The molecular weight excluding hydrogens is 279 g/mol. The van der Waals surface area contributed by atoms with Crippen molar-refractivity contribution in [3.8, 4) is 0 Å². The fraction of sp³-hybridized carbons (Fsp3) is 0.143. The summed E-state index contributed by atoms with van der Waals surface area (Å²) in [6, 6.07) is 8.86. The van der Waals surface area contributed by atoms with E-state index in [2.05, 4.69) is 22.9 Å². The van der Waals surface area contributed by atoms with E-state index in [1.165, 1.54) is 15.5 Å². The first kappa shape index (κ1) is 12.7. The zero-order valence-corrected chi connectivity index (χ0v) is 11.9. The first-order chi connectivity index (χ1) is 9.19. The fourth-order valence-corrected chi connectivity index (χ4v) is 4.37. The van der Waals surface area contributed by atoms with Crippen LogP contribution in [0.25, 0.3) is 9.40 Å². The highest BCUT2D eigenvalue weighted by Gasteiger charge is 2.18. The Labute approximate surface area is 118 Å². The quantitative estimate of drug-likeness (QED) is 0.566. The zero-order chi connectivity index (χ0) is 13.4. The summed E-state index contributed by atoms with van der Waals surface area (Å²) in [4.78, 5) is 1.11. The molecule has 3 N–H and O–H groups in total. The molecule has 2 nitrogen and oxygen atoms in total. The van der Waals surface area contributed by atoms with Crippen LogP contribution >= 0.6 is 22.7 Å². The Hall–Kier alpha value is -1.27. The summed E-state index contributed by atoms with van der Waals surface area (Å²) < 4.78 is 15.9. The second-order valence-electron chi connectivity index (χ2n) is 4.40. The lowest BCUT2D eigenvalue weighted by Gasteiger charge is -2.17. The number of rotatable bonds is 3. The van der Waals surface area contributed by atoms with Crippen LogP contribution in [-0.2, 0) is 0 Å². The number of halogens is 1. The van der Waals surface area contributed by atoms with Crippen LogP contribution in [0.2, 0.25) is 0 Å². The molecule has 0 radical (unpaired) electrons. The van der Waals surface area contributed by atoms with Crippen molar-refractivity contribution in [2.75, 3.05) is 0 Å². The lowest BCUT2D eigenvalue weighted by Crippen LogP contribution is -2.28. The molecular formula is C14H13FN2S2. The average Bonchev–Trinajstić information content (AvgIpc) is 2.95. The molecule has 0 bridgehead atoms. The summed E-state index contributed by atoms with van der Waals surface area (Å²) in [6.45, 7) is 1.97. The normalized spacial score (nSPS) is 13.0. The molecule has 5 heteroatoms. The molecule has 2 heterocycles. The molecule has 19 heavy (non-hydrogen) atoms. The highest BCUT2D eigenvalue weighted by atomic mass is 32.1. The SMILES string of the molecule is Cc1ccc(F)cc1C(NN)c1cc2sccc2s1. The third-order valence-corrected chi connectivity index (χ3v) is 5.32. The van der Waals surface area contributed by atoms with Crippen LogP contribution in [0.1, 0.15) is 22.0 Å². The molecule has 0 saturated carbocycles. The third-order valence-electron chi connectivity index (χ3n) is 3.16. The van der Waals surface area contributed by atoms with E-state index < -0.39 is 0 Å². The average molecular weight is 292 g/mol. The minimum Gasteiger partial charge on any atom is -0.271 e. The predicted molar refractivity (Wildman–Crippen MR) is 80.0 cm³/mol. The fourth-order valence-electron chi connectivity index (χ4n) is 2.17. The van der Waals surface area contributed by atoms with Gasteiger partial charge in [0, 0.05) is 14.3 Å². The number of fused-ring (bicyclic) bond motifs is 1. The largest absolute Gasteiger partial charge is 0.271 e. The van der Waals surface area contributed by atoms with Gasteiger partial charge in [-0.2, -0.15) is 0 Å². The maximum absolute atomic E-state index is 13.4. The number of hydrogen-bond acceptors (Lipinski definition) is 4. The number of hydrazine groups is 1. The lowest BCUT2D eigenvalue weighted by molar-refractivity contribution is 0.606. The van der Waals surface area contributed by atoms with Gasteiger partial charge >= 0.3 is 0 Å². The molecule has 0 amide bonds. The molecule has 0 aliphatic heterocycles. The summed E-state index contributed by atoms with van der Waals surface area (Å²) >= 11 is 3.40. The van der Waals surface area contributed by atoms with Gasteiger partial charge in [-0.05, 0) is 47.7 Å². The van der Waals surface area contributed by atoms with Crippen LogP contribution in [-0.4, -0.2) is 0 Å². The Morgan fingerprint density at radius 2 is 2.05 bits per heavy atom. The van der Waals surface area contributed by atoms with Gasteiger partial charge in [0.2, 0.25) is 0 Å². The van der Waals surface area contributed by atoms with Gasteiger partial charge in [-0.25, -0.2) is 9.82 Å². The third kappa shape index (κ3) is 2.30. The van der Waals surface area contributed by atoms with Crippen LogP contribution in [0.4, 0.5) is 4.39 Å². The minimum absolute atomic E-state index is 0.166. The van der Waals surface area contributed by atoms with E-state index in [1.54, 1.807) is 34.8 Å². The number of aryl methyl sites for hydroxylation is 1. The molecule has 0 aliphatic carbocycles. The molecule has 1 unspecified atom stereocenters. The van der Waals surface area contributed by atoms with Gasteiger partial charge in [0.05, 0.1) is 6.04 Å².